The molecule has 0 aromatic heterocycles. The zero-order valence-corrected chi connectivity index (χ0v) is 14.8. The minimum Gasteiger partial charge on any atom is -0.435 e. The lowest BCUT2D eigenvalue weighted by molar-refractivity contribution is -0.124. The van der Waals surface area contributed by atoms with Crippen LogP contribution in [0.4, 0.5) is 8.78 Å². The van der Waals surface area contributed by atoms with Crippen molar-refractivity contribution in [1.29, 1.82) is 0 Å². The monoisotopic (exact) mass is 368 g/mol. The summed E-state index contributed by atoms with van der Waals surface area (Å²) in [5.41, 5.74) is 0.822. The molecule has 2 aliphatic rings. The van der Waals surface area contributed by atoms with Gasteiger partial charge in [0.05, 0.1) is 12.7 Å². The number of rotatable bonds is 7. The molecule has 1 saturated carbocycles. The molecular weight excluding hydrogens is 342 g/mol. The summed E-state index contributed by atoms with van der Waals surface area (Å²) in [6, 6.07) is 6.66. The van der Waals surface area contributed by atoms with Crippen molar-refractivity contribution < 1.29 is 23.0 Å². The largest absolute Gasteiger partial charge is 0.435 e. The van der Waals surface area contributed by atoms with E-state index < -0.39 is 6.61 Å². The van der Waals surface area contributed by atoms with Crippen molar-refractivity contribution in [3.63, 3.8) is 0 Å². The third-order valence-corrected chi connectivity index (χ3v) is 5.06. The van der Waals surface area contributed by atoms with Gasteiger partial charge in [0.15, 0.2) is 0 Å². The van der Waals surface area contributed by atoms with Gasteiger partial charge >= 0.3 is 6.61 Å². The summed E-state index contributed by atoms with van der Waals surface area (Å²) in [6.07, 6.45) is 4.12. The molecule has 2 fully saturated rings. The fourth-order valence-corrected chi connectivity index (χ4v) is 3.67. The molecule has 1 aromatic carbocycles. The smallest absolute Gasteiger partial charge is 0.387 e. The number of hydrogen-bond donors (Lipinski definition) is 1. The predicted octanol–water partition coefficient (Wildman–Crippen LogP) is 2.97. The molecule has 144 valence electrons. The second kappa shape index (κ2) is 9.28. The summed E-state index contributed by atoms with van der Waals surface area (Å²) >= 11 is 0. The topological polar surface area (TPSA) is 50.8 Å². The molecule has 1 atom stereocenters. The highest BCUT2D eigenvalue weighted by Gasteiger charge is 2.24. The fourth-order valence-electron chi connectivity index (χ4n) is 3.67. The Labute approximate surface area is 152 Å². The number of halogens is 2. The van der Waals surface area contributed by atoms with Gasteiger partial charge in [0.25, 0.3) is 0 Å². The van der Waals surface area contributed by atoms with Crippen LogP contribution in [0.25, 0.3) is 0 Å². The van der Waals surface area contributed by atoms with Crippen LogP contribution in [0, 0.1) is 5.92 Å². The second-order valence-corrected chi connectivity index (χ2v) is 6.88. The third kappa shape index (κ3) is 5.38. The first kappa shape index (κ1) is 19.0. The van der Waals surface area contributed by atoms with Gasteiger partial charge in [-0.05, 0) is 30.5 Å². The highest BCUT2D eigenvalue weighted by atomic mass is 19.3. The summed E-state index contributed by atoms with van der Waals surface area (Å²) < 4.78 is 35.0. The SMILES string of the molecule is O=C(NCCN1CCO[C@@H](c2cccc(OC(F)F)c2)C1)C1CCCC1. The Morgan fingerprint density at radius 3 is 2.92 bits per heavy atom. The maximum Gasteiger partial charge on any atom is 0.387 e. The van der Waals surface area contributed by atoms with Gasteiger partial charge in [0, 0.05) is 32.1 Å². The Hall–Kier alpha value is -1.73. The Kier molecular flexibility index (Phi) is 6.80. The van der Waals surface area contributed by atoms with E-state index in [1.807, 2.05) is 6.07 Å². The number of amides is 1. The molecule has 1 aromatic rings. The maximum absolute atomic E-state index is 12.4. The van der Waals surface area contributed by atoms with Gasteiger partial charge in [0.2, 0.25) is 5.91 Å². The Bertz CT molecular complexity index is 594. The van der Waals surface area contributed by atoms with E-state index in [9.17, 15) is 13.6 Å². The van der Waals surface area contributed by atoms with Gasteiger partial charge in [-0.2, -0.15) is 8.78 Å². The average molecular weight is 368 g/mol. The number of nitrogens with one attached hydrogen (secondary N) is 1. The van der Waals surface area contributed by atoms with Crippen LogP contribution < -0.4 is 10.1 Å². The Morgan fingerprint density at radius 2 is 2.15 bits per heavy atom. The Morgan fingerprint density at radius 1 is 1.35 bits per heavy atom. The number of morpholine rings is 1. The molecule has 5 nitrogen and oxygen atoms in total. The van der Waals surface area contributed by atoms with E-state index >= 15 is 0 Å². The van der Waals surface area contributed by atoms with Gasteiger partial charge in [-0.25, -0.2) is 0 Å². The van der Waals surface area contributed by atoms with Crippen LogP contribution in [0.2, 0.25) is 0 Å². The zero-order valence-electron chi connectivity index (χ0n) is 14.8. The van der Waals surface area contributed by atoms with E-state index in [2.05, 4.69) is 15.0 Å². The van der Waals surface area contributed by atoms with Crippen molar-refractivity contribution in [2.45, 2.75) is 38.4 Å². The first-order valence-corrected chi connectivity index (χ1v) is 9.28. The van der Waals surface area contributed by atoms with E-state index in [0.29, 0.717) is 19.7 Å². The molecule has 1 aliphatic carbocycles. The minimum atomic E-state index is -2.84. The van der Waals surface area contributed by atoms with Crippen molar-refractivity contribution in [2.75, 3.05) is 32.8 Å². The van der Waals surface area contributed by atoms with Crippen molar-refractivity contribution in [1.82, 2.24) is 10.2 Å². The molecule has 0 radical (unpaired) electrons. The molecule has 1 heterocycles. The van der Waals surface area contributed by atoms with Crippen LogP contribution in [-0.2, 0) is 9.53 Å². The summed E-state index contributed by atoms with van der Waals surface area (Å²) in [7, 11) is 0. The molecule has 1 aliphatic heterocycles. The first-order chi connectivity index (χ1) is 12.6. The van der Waals surface area contributed by atoms with Crippen LogP contribution >= 0.6 is 0 Å². The number of ether oxygens (including phenoxy) is 2. The van der Waals surface area contributed by atoms with Crippen molar-refractivity contribution in [3.8, 4) is 5.75 Å². The highest BCUT2D eigenvalue weighted by Crippen LogP contribution is 2.26. The molecular formula is C19H26F2N2O3. The summed E-state index contributed by atoms with van der Waals surface area (Å²) in [6.45, 7) is 0.571. The van der Waals surface area contributed by atoms with E-state index in [1.54, 1.807) is 12.1 Å². The second-order valence-electron chi connectivity index (χ2n) is 6.88. The molecule has 1 amide bonds. The number of alkyl halides is 2. The summed E-state index contributed by atoms with van der Waals surface area (Å²) in [5, 5.41) is 3.03. The number of benzene rings is 1. The standard InChI is InChI=1S/C19H26F2N2O3/c20-19(21)26-16-7-3-6-15(12-16)17-13-23(10-11-25-17)9-8-22-18(24)14-4-1-2-5-14/h3,6-7,12,14,17,19H,1-2,4-5,8-11,13H2,(H,22,24)/t17-/m1/s1. The van der Waals surface area contributed by atoms with E-state index in [1.165, 1.54) is 6.07 Å². The van der Waals surface area contributed by atoms with Crippen LogP contribution in [0.3, 0.4) is 0 Å². The molecule has 3 rings (SSSR count). The van der Waals surface area contributed by atoms with Crippen LogP contribution in [0.5, 0.6) is 5.75 Å². The van der Waals surface area contributed by atoms with Crippen LogP contribution in [0.15, 0.2) is 24.3 Å². The number of nitrogens with zero attached hydrogens (tertiary/aromatic N) is 1. The van der Waals surface area contributed by atoms with Gasteiger partial charge in [0.1, 0.15) is 5.75 Å². The maximum atomic E-state index is 12.4. The lowest BCUT2D eigenvalue weighted by Gasteiger charge is -2.33. The number of carbonyl (C=O) groups excluding carboxylic acids is 1. The molecule has 26 heavy (non-hydrogen) atoms. The van der Waals surface area contributed by atoms with E-state index in [4.69, 9.17) is 4.74 Å². The Balaban J connectivity index is 1.47. The van der Waals surface area contributed by atoms with Gasteiger partial charge in [-0.3, -0.25) is 9.69 Å². The summed E-state index contributed by atoms with van der Waals surface area (Å²) in [4.78, 5) is 14.3. The molecule has 0 bridgehead atoms. The molecule has 0 unspecified atom stereocenters. The molecule has 1 saturated heterocycles. The van der Waals surface area contributed by atoms with Gasteiger partial charge in [-0.15, -0.1) is 0 Å². The zero-order chi connectivity index (χ0) is 18.4. The fraction of sp³-hybridized carbons (Fsp3) is 0.632. The first-order valence-electron chi connectivity index (χ1n) is 9.28. The number of hydrogen-bond acceptors (Lipinski definition) is 4. The molecule has 7 heteroatoms. The minimum absolute atomic E-state index is 0.141. The third-order valence-electron chi connectivity index (χ3n) is 5.06. The van der Waals surface area contributed by atoms with Gasteiger partial charge < -0.3 is 14.8 Å². The normalized spacial score (nSPS) is 21.9. The van der Waals surface area contributed by atoms with Crippen molar-refractivity contribution in [2.24, 2.45) is 5.92 Å². The lowest BCUT2D eigenvalue weighted by atomic mass is 10.1. The van der Waals surface area contributed by atoms with Crippen molar-refractivity contribution in [3.05, 3.63) is 29.8 Å². The predicted molar refractivity (Wildman–Crippen MR) is 93.2 cm³/mol. The molecule has 0 spiro atoms. The quantitative estimate of drug-likeness (QED) is 0.804. The van der Waals surface area contributed by atoms with Gasteiger partial charge in [-0.1, -0.05) is 25.0 Å². The van der Waals surface area contributed by atoms with Crippen LogP contribution in [-0.4, -0.2) is 50.2 Å². The van der Waals surface area contributed by atoms with E-state index in [0.717, 1.165) is 44.3 Å². The van der Waals surface area contributed by atoms with E-state index in [-0.39, 0.29) is 23.7 Å². The lowest BCUT2D eigenvalue weighted by Crippen LogP contribution is -2.43. The van der Waals surface area contributed by atoms with Crippen LogP contribution in [0.1, 0.15) is 37.4 Å². The number of carbonyl (C=O) groups is 1. The summed E-state index contributed by atoms with van der Waals surface area (Å²) in [5.74, 6) is 0.497. The highest BCUT2D eigenvalue weighted by molar-refractivity contribution is 5.78. The van der Waals surface area contributed by atoms with Crippen molar-refractivity contribution >= 4 is 5.91 Å². The molecule has 1 N–H and O–H groups in total. The average Bonchev–Trinajstić information content (AvgIpc) is 3.16.